The topological polar surface area (TPSA) is 71.1 Å². The number of ether oxygens (including phenoxy) is 4. The summed E-state index contributed by atoms with van der Waals surface area (Å²) in [4.78, 5) is 25.3. The van der Waals surface area contributed by atoms with Crippen molar-refractivity contribution in [3.63, 3.8) is 0 Å². The zero-order chi connectivity index (χ0) is 22.1. The molecule has 0 bridgehead atoms. The van der Waals surface area contributed by atoms with Gasteiger partial charge in [0.25, 0.3) is 0 Å². The maximum Gasteiger partial charge on any atom is 0.343 e. The lowest BCUT2D eigenvalue weighted by atomic mass is 10.1. The van der Waals surface area contributed by atoms with Crippen molar-refractivity contribution in [1.82, 2.24) is 0 Å². The third kappa shape index (κ3) is 3.63. The Bertz CT molecular complexity index is 1290. The molecule has 0 unspecified atom stereocenters. The third-order valence-corrected chi connectivity index (χ3v) is 5.18. The summed E-state index contributed by atoms with van der Waals surface area (Å²) in [7, 11) is 0. The molecular weight excluding hydrogens is 408 g/mol. The van der Waals surface area contributed by atoms with Crippen LogP contribution in [0, 0.1) is 6.92 Å². The lowest BCUT2D eigenvalue weighted by Gasteiger charge is -2.10. The van der Waals surface area contributed by atoms with Crippen LogP contribution >= 0.6 is 0 Å². The van der Waals surface area contributed by atoms with Gasteiger partial charge in [-0.15, -0.1) is 0 Å². The minimum Gasteiger partial charge on any atom is -0.454 e. The molecule has 3 aromatic carbocycles. The van der Waals surface area contributed by atoms with Crippen molar-refractivity contribution in [2.24, 2.45) is 0 Å². The number of allylic oxidation sites excluding steroid dienone is 3. The van der Waals surface area contributed by atoms with E-state index in [1.165, 1.54) is 0 Å². The van der Waals surface area contributed by atoms with Crippen molar-refractivity contribution in [1.29, 1.82) is 0 Å². The average Bonchev–Trinajstić information content (AvgIpc) is 3.41. The first-order valence-corrected chi connectivity index (χ1v) is 10.0. The molecule has 0 saturated carbocycles. The van der Waals surface area contributed by atoms with Crippen LogP contribution < -0.4 is 18.9 Å². The number of Topliss-reactive ketones (excluding diaryl/α,β-unsaturated/α-hetero) is 1. The van der Waals surface area contributed by atoms with Crippen LogP contribution in [0.3, 0.4) is 0 Å². The number of carbonyl (C=O) groups excluding carboxylic acids is 2. The van der Waals surface area contributed by atoms with Crippen molar-refractivity contribution in [2.45, 2.75) is 6.92 Å². The molecule has 0 radical (unpaired) electrons. The van der Waals surface area contributed by atoms with E-state index in [4.69, 9.17) is 18.9 Å². The number of benzene rings is 3. The minimum atomic E-state index is -0.544. The van der Waals surface area contributed by atoms with Crippen LogP contribution in [0.25, 0.3) is 6.08 Å². The maximum absolute atomic E-state index is 12.7. The van der Waals surface area contributed by atoms with Gasteiger partial charge in [0.15, 0.2) is 17.3 Å². The van der Waals surface area contributed by atoms with Crippen molar-refractivity contribution in [3.8, 4) is 23.0 Å². The number of rotatable bonds is 4. The summed E-state index contributed by atoms with van der Waals surface area (Å²) in [6.07, 6.45) is 5.29. The number of ketones is 1. The molecule has 2 heterocycles. The first-order valence-electron chi connectivity index (χ1n) is 10.0. The van der Waals surface area contributed by atoms with E-state index in [1.807, 2.05) is 36.4 Å². The SMILES string of the molecule is Cc1c(OC(=O)c2ccc3c(c2)OCO3)ccc2c1O/C(=C\C=C\c1ccccc1)C2=O. The van der Waals surface area contributed by atoms with Gasteiger partial charge in [-0.1, -0.05) is 42.5 Å². The Morgan fingerprint density at radius 3 is 2.66 bits per heavy atom. The highest BCUT2D eigenvalue weighted by Gasteiger charge is 2.30. The predicted molar refractivity (Wildman–Crippen MR) is 117 cm³/mol. The fourth-order valence-corrected chi connectivity index (χ4v) is 3.49. The second-order valence-corrected chi connectivity index (χ2v) is 7.25. The molecule has 0 aromatic heterocycles. The molecule has 6 heteroatoms. The molecule has 0 spiro atoms. The summed E-state index contributed by atoms with van der Waals surface area (Å²) in [6.45, 7) is 1.87. The Labute approximate surface area is 184 Å². The third-order valence-electron chi connectivity index (χ3n) is 5.18. The molecule has 6 nitrogen and oxygen atoms in total. The Morgan fingerprint density at radius 2 is 1.81 bits per heavy atom. The van der Waals surface area contributed by atoms with Gasteiger partial charge in [0.05, 0.1) is 11.1 Å². The van der Waals surface area contributed by atoms with Gasteiger partial charge in [-0.2, -0.15) is 0 Å². The normalized spacial score (nSPS) is 15.2. The van der Waals surface area contributed by atoms with Crippen LogP contribution in [0.1, 0.15) is 31.8 Å². The Balaban J connectivity index is 1.35. The molecule has 158 valence electrons. The first-order chi connectivity index (χ1) is 15.6. The van der Waals surface area contributed by atoms with E-state index in [1.54, 1.807) is 49.4 Å². The second-order valence-electron chi connectivity index (χ2n) is 7.25. The largest absolute Gasteiger partial charge is 0.454 e. The molecular formula is C26H18O6. The van der Waals surface area contributed by atoms with E-state index < -0.39 is 5.97 Å². The summed E-state index contributed by atoms with van der Waals surface area (Å²) >= 11 is 0. The first kappa shape index (κ1) is 19.6. The van der Waals surface area contributed by atoms with Gasteiger partial charge in [0.2, 0.25) is 12.6 Å². The lowest BCUT2D eigenvalue weighted by Crippen LogP contribution is -2.09. The number of esters is 1. The zero-order valence-electron chi connectivity index (χ0n) is 17.2. The van der Waals surface area contributed by atoms with Crippen LogP contribution in [0.4, 0.5) is 0 Å². The molecule has 0 amide bonds. The molecule has 5 rings (SSSR count). The quantitative estimate of drug-likeness (QED) is 0.328. The Kier molecular flexibility index (Phi) is 4.95. The number of hydrogen-bond acceptors (Lipinski definition) is 6. The van der Waals surface area contributed by atoms with Crippen molar-refractivity contribution < 1.29 is 28.5 Å². The van der Waals surface area contributed by atoms with Gasteiger partial charge in [-0.25, -0.2) is 4.79 Å². The minimum absolute atomic E-state index is 0.125. The van der Waals surface area contributed by atoms with E-state index in [9.17, 15) is 9.59 Å². The zero-order valence-corrected chi connectivity index (χ0v) is 17.2. The van der Waals surface area contributed by atoms with Gasteiger partial charge in [-0.3, -0.25) is 4.79 Å². The van der Waals surface area contributed by atoms with Gasteiger partial charge in [0.1, 0.15) is 11.5 Å². The Hall–Kier alpha value is -4.32. The second kappa shape index (κ2) is 8.07. The van der Waals surface area contributed by atoms with Crippen molar-refractivity contribution >= 4 is 17.8 Å². The van der Waals surface area contributed by atoms with Gasteiger partial charge < -0.3 is 18.9 Å². The lowest BCUT2D eigenvalue weighted by molar-refractivity contribution is 0.0732. The fraction of sp³-hybridized carbons (Fsp3) is 0.0769. The van der Waals surface area contributed by atoms with E-state index in [0.29, 0.717) is 39.7 Å². The summed E-state index contributed by atoms with van der Waals surface area (Å²) in [5.74, 6) is 1.26. The summed E-state index contributed by atoms with van der Waals surface area (Å²) in [5.41, 5.74) is 2.35. The van der Waals surface area contributed by atoms with Crippen LogP contribution in [0.2, 0.25) is 0 Å². The van der Waals surface area contributed by atoms with Crippen LogP contribution in [0.15, 0.2) is 78.6 Å². The van der Waals surface area contributed by atoms with E-state index >= 15 is 0 Å². The van der Waals surface area contributed by atoms with Gasteiger partial charge in [0, 0.05) is 5.56 Å². The Morgan fingerprint density at radius 1 is 1.00 bits per heavy atom. The highest BCUT2D eigenvalue weighted by atomic mass is 16.7. The fourth-order valence-electron chi connectivity index (χ4n) is 3.49. The highest BCUT2D eigenvalue weighted by Crippen LogP contribution is 2.39. The molecule has 3 aromatic rings. The van der Waals surface area contributed by atoms with Crippen molar-refractivity contribution in [3.05, 3.63) is 101 Å². The predicted octanol–water partition coefficient (Wildman–Crippen LogP) is 5.12. The van der Waals surface area contributed by atoms with E-state index in [0.717, 1.165) is 5.56 Å². The highest BCUT2D eigenvalue weighted by molar-refractivity contribution is 6.13. The maximum atomic E-state index is 12.7. The average molecular weight is 426 g/mol. The van der Waals surface area contributed by atoms with E-state index in [2.05, 4.69) is 0 Å². The van der Waals surface area contributed by atoms with Crippen LogP contribution in [0.5, 0.6) is 23.0 Å². The number of hydrogen-bond donors (Lipinski definition) is 0. The monoisotopic (exact) mass is 426 g/mol. The van der Waals surface area contributed by atoms with Crippen LogP contribution in [-0.2, 0) is 0 Å². The molecule has 2 aliphatic rings. The number of carbonyl (C=O) groups is 2. The molecule has 32 heavy (non-hydrogen) atoms. The molecule has 0 fully saturated rings. The summed E-state index contributed by atoms with van der Waals surface area (Å²) < 4.78 is 21.9. The standard InChI is InChI=1S/C26H18O6/c1-16-20(32-26(28)18-10-12-21-23(14-18)30-15-29-21)13-11-19-24(27)22(31-25(16)19)9-5-8-17-6-3-2-4-7-17/h2-14H,15H2,1H3/b8-5+,22-9-. The molecule has 0 aliphatic carbocycles. The van der Waals surface area contributed by atoms with Crippen molar-refractivity contribution in [2.75, 3.05) is 6.79 Å². The summed E-state index contributed by atoms with van der Waals surface area (Å²) in [6, 6.07) is 17.8. The molecule has 0 saturated heterocycles. The smallest absolute Gasteiger partial charge is 0.343 e. The van der Waals surface area contributed by atoms with E-state index in [-0.39, 0.29) is 18.3 Å². The molecule has 0 atom stereocenters. The molecule has 0 N–H and O–H groups in total. The van der Waals surface area contributed by atoms with Gasteiger partial charge in [-0.05, 0) is 48.9 Å². The summed E-state index contributed by atoms with van der Waals surface area (Å²) in [5, 5.41) is 0. The van der Waals surface area contributed by atoms with Crippen LogP contribution in [-0.4, -0.2) is 18.5 Å². The number of fused-ring (bicyclic) bond motifs is 2. The van der Waals surface area contributed by atoms with Gasteiger partial charge >= 0.3 is 5.97 Å². The molecule has 2 aliphatic heterocycles.